The molecule has 3 atom stereocenters. The summed E-state index contributed by atoms with van der Waals surface area (Å²) in [4.78, 5) is 38.7. The van der Waals surface area contributed by atoms with Gasteiger partial charge in [0.05, 0.1) is 11.1 Å². The lowest BCUT2D eigenvalue weighted by Crippen LogP contribution is -2.51. The summed E-state index contributed by atoms with van der Waals surface area (Å²) in [7, 11) is 0. The van der Waals surface area contributed by atoms with Gasteiger partial charge in [-0.05, 0) is 30.7 Å². The second-order valence-corrected chi connectivity index (χ2v) is 7.42. The Balaban J connectivity index is 1.44. The number of hydrogen-bond acceptors (Lipinski definition) is 6. The Hall–Kier alpha value is -3.39. The third-order valence-electron chi connectivity index (χ3n) is 5.30. The van der Waals surface area contributed by atoms with E-state index in [-0.39, 0.29) is 12.6 Å². The van der Waals surface area contributed by atoms with Crippen molar-refractivity contribution in [2.75, 3.05) is 19.7 Å². The van der Waals surface area contributed by atoms with E-state index < -0.39 is 30.4 Å². The number of ether oxygens (including phenoxy) is 3. The van der Waals surface area contributed by atoms with Gasteiger partial charge in [0.15, 0.2) is 0 Å². The Bertz CT molecular complexity index is 920. The number of esters is 2. The largest absolute Gasteiger partial charge is 0.459 e. The third kappa shape index (κ3) is 5.03. The van der Waals surface area contributed by atoms with Crippen molar-refractivity contribution in [1.29, 1.82) is 0 Å². The molecule has 1 N–H and O–H groups in total. The first-order chi connectivity index (χ1) is 15.1. The van der Waals surface area contributed by atoms with Gasteiger partial charge in [-0.1, -0.05) is 36.4 Å². The highest BCUT2D eigenvalue weighted by atomic mass is 16.6. The summed E-state index contributed by atoms with van der Waals surface area (Å²) in [6, 6.07) is 17.1. The van der Waals surface area contributed by atoms with Crippen molar-refractivity contribution in [1.82, 2.24) is 10.2 Å². The lowest BCUT2D eigenvalue weighted by molar-refractivity contribution is -0.0735. The van der Waals surface area contributed by atoms with E-state index in [4.69, 9.17) is 14.2 Å². The fourth-order valence-electron chi connectivity index (χ4n) is 3.68. The normalized spacial score (nSPS) is 23.2. The van der Waals surface area contributed by atoms with Gasteiger partial charge in [0.2, 0.25) is 0 Å². The standard InChI is InChI=1S/C23H24N2O6/c26-21(16-8-3-1-4-9-16)29-15-19-18(31-22(27)17-10-5-2-6-11-17)14-20(30-19)25-13-7-12-24-23(25)28/h1-6,8-11,18-20H,7,12-15H2,(H,24,28)/t18-,19+,20+/m0/s1. The molecule has 0 aromatic heterocycles. The molecule has 2 saturated heterocycles. The first-order valence-electron chi connectivity index (χ1n) is 10.3. The number of urea groups is 1. The van der Waals surface area contributed by atoms with Crippen LogP contribution in [0.2, 0.25) is 0 Å². The molecular formula is C23H24N2O6. The van der Waals surface area contributed by atoms with Gasteiger partial charge in [0, 0.05) is 19.5 Å². The SMILES string of the molecule is O=C(OC[C@H]1O[C@@H](N2CCCNC2=O)C[C@@H]1OC(=O)c1ccccc1)c1ccccc1. The van der Waals surface area contributed by atoms with Crippen LogP contribution in [0.25, 0.3) is 0 Å². The number of nitrogens with one attached hydrogen (secondary N) is 1. The number of carbonyl (C=O) groups excluding carboxylic acids is 3. The van der Waals surface area contributed by atoms with Gasteiger partial charge in [-0.15, -0.1) is 0 Å². The summed E-state index contributed by atoms with van der Waals surface area (Å²) in [5, 5.41) is 2.79. The Morgan fingerprint density at radius 1 is 1.00 bits per heavy atom. The van der Waals surface area contributed by atoms with Crippen molar-refractivity contribution >= 4 is 18.0 Å². The van der Waals surface area contributed by atoms with Gasteiger partial charge in [-0.2, -0.15) is 0 Å². The van der Waals surface area contributed by atoms with E-state index in [1.54, 1.807) is 53.4 Å². The van der Waals surface area contributed by atoms with E-state index in [0.29, 0.717) is 30.6 Å². The Labute approximate surface area is 180 Å². The minimum absolute atomic E-state index is 0.0909. The predicted molar refractivity (Wildman–Crippen MR) is 110 cm³/mol. The summed E-state index contributed by atoms with van der Waals surface area (Å²) in [6.07, 6.45) is -0.793. The maximum Gasteiger partial charge on any atom is 0.338 e. The third-order valence-corrected chi connectivity index (χ3v) is 5.30. The molecule has 0 radical (unpaired) electrons. The second kappa shape index (κ2) is 9.61. The highest BCUT2D eigenvalue weighted by molar-refractivity contribution is 5.90. The number of hydrogen-bond donors (Lipinski definition) is 1. The maximum absolute atomic E-state index is 12.6. The first kappa shape index (κ1) is 20.9. The molecular weight excluding hydrogens is 400 g/mol. The molecule has 0 aliphatic carbocycles. The molecule has 0 bridgehead atoms. The summed E-state index contributed by atoms with van der Waals surface area (Å²) in [6.45, 7) is 1.07. The highest BCUT2D eigenvalue weighted by Gasteiger charge is 2.43. The highest BCUT2D eigenvalue weighted by Crippen LogP contribution is 2.28. The molecule has 31 heavy (non-hydrogen) atoms. The van der Waals surface area contributed by atoms with Crippen LogP contribution in [0.15, 0.2) is 60.7 Å². The Morgan fingerprint density at radius 2 is 1.65 bits per heavy atom. The van der Waals surface area contributed by atoms with Gasteiger partial charge in [-0.3, -0.25) is 4.90 Å². The van der Waals surface area contributed by atoms with Crippen molar-refractivity contribution in [2.24, 2.45) is 0 Å². The fraction of sp³-hybridized carbons (Fsp3) is 0.348. The first-order valence-corrected chi connectivity index (χ1v) is 10.3. The van der Waals surface area contributed by atoms with Crippen LogP contribution in [0.1, 0.15) is 33.6 Å². The van der Waals surface area contributed by atoms with Gasteiger partial charge in [0.1, 0.15) is 25.0 Å². The van der Waals surface area contributed by atoms with Crippen LogP contribution >= 0.6 is 0 Å². The summed E-state index contributed by atoms with van der Waals surface area (Å²) in [5.41, 5.74) is 0.840. The van der Waals surface area contributed by atoms with Crippen LogP contribution < -0.4 is 5.32 Å². The number of benzene rings is 2. The quantitative estimate of drug-likeness (QED) is 0.717. The molecule has 0 unspecified atom stereocenters. The minimum atomic E-state index is -0.681. The number of nitrogens with zero attached hydrogens (tertiary/aromatic N) is 1. The fourth-order valence-corrected chi connectivity index (χ4v) is 3.68. The maximum atomic E-state index is 12.6. The van der Waals surface area contributed by atoms with Gasteiger partial charge in [-0.25, -0.2) is 14.4 Å². The van der Waals surface area contributed by atoms with Gasteiger partial charge >= 0.3 is 18.0 Å². The van der Waals surface area contributed by atoms with E-state index >= 15 is 0 Å². The van der Waals surface area contributed by atoms with E-state index in [1.165, 1.54) is 0 Å². The van der Waals surface area contributed by atoms with E-state index in [0.717, 1.165) is 6.42 Å². The van der Waals surface area contributed by atoms with E-state index in [2.05, 4.69) is 5.32 Å². The predicted octanol–water partition coefficient (Wildman–Crippen LogP) is 2.60. The molecule has 2 amide bonds. The van der Waals surface area contributed by atoms with Gasteiger partial charge < -0.3 is 19.5 Å². The molecule has 162 valence electrons. The molecule has 2 aliphatic rings. The zero-order valence-corrected chi connectivity index (χ0v) is 16.9. The molecule has 2 aliphatic heterocycles. The molecule has 0 spiro atoms. The van der Waals surface area contributed by atoms with Gasteiger partial charge in [0.25, 0.3) is 0 Å². The number of rotatable bonds is 6. The lowest BCUT2D eigenvalue weighted by atomic mass is 10.1. The monoisotopic (exact) mass is 424 g/mol. The van der Waals surface area contributed by atoms with Crippen LogP contribution in [-0.4, -0.2) is 61.0 Å². The van der Waals surface area contributed by atoms with E-state index in [1.807, 2.05) is 12.1 Å². The van der Waals surface area contributed by atoms with Crippen LogP contribution in [0.5, 0.6) is 0 Å². The van der Waals surface area contributed by atoms with Crippen molar-refractivity contribution in [3.8, 4) is 0 Å². The Kier molecular flexibility index (Phi) is 6.47. The smallest absolute Gasteiger partial charge is 0.338 e. The van der Waals surface area contributed by atoms with Crippen LogP contribution in [0, 0.1) is 0 Å². The van der Waals surface area contributed by atoms with Crippen molar-refractivity contribution in [3.63, 3.8) is 0 Å². The summed E-state index contributed by atoms with van der Waals surface area (Å²) >= 11 is 0. The summed E-state index contributed by atoms with van der Waals surface area (Å²) < 4.78 is 17.1. The van der Waals surface area contributed by atoms with Crippen molar-refractivity contribution < 1.29 is 28.6 Å². The van der Waals surface area contributed by atoms with Crippen molar-refractivity contribution in [3.05, 3.63) is 71.8 Å². The molecule has 2 heterocycles. The second-order valence-electron chi connectivity index (χ2n) is 7.42. The number of amides is 2. The van der Waals surface area contributed by atoms with Crippen LogP contribution in [0.4, 0.5) is 4.79 Å². The van der Waals surface area contributed by atoms with E-state index in [9.17, 15) is 14.4 Å². The average molecular weight is 424 g/mol. The number of carbonyl (C=O) groups is 3. The molecule has 2 fully saturated rings. The Morgan fingerprint density at radius 3 is 2.29 bits per heavy atom. The zero-order valence-electron chi connectivity index (χ0n) is 16.9. The topological polar surface area (TPSA) is 94.2 Å². The molecule has 2 aromatic rings. The minimum Gasteiger partial charge on any atom is -0.459 e. The van der Waals surface area contributed by atoms with Crippen LogP contribution in [-0.2, 0) is 14.2 Å². The lowest BCUT2D eigenvalue weighted by Gasteiger charge is -2.32. The molecule has 2 aromatic carbocycles. The summed E-state index contributed by atoms with van der Waals surface area (Å²) in [5.74, 6) is -0.978. The van der Waals surface area contributed by atoms with Crippen LogP contribution in [0.3, 0.4) is 0 Å². The van der Waals surface area contributed by atoms with Crippen molar-refractivity contribution in [2.45, 2.75) is 31.3 Å². The molecule has 0 saturated carbocycles. The molecule has 8 nitrogen and oxygen atoms in total. The molecule has 4 rings (SSSR count). The average Bonchev–Trinajstić information content (AvgIpc) is 3.21. The zero-order chi connectivity index (χ0) is 21.6. The molecule has 8 heteroatoms.